The van der Waals surface area contributed by atoms with Crippen LogP contribution < -0.4 is 0 Å². The molecule has 0 spiro atoms. The first kappa shape index (κ1) is 11.9. The SMILES string of the molecule is CC(C)OC[C@H]1OC[C@@H](C)[C@H](F)[C@@H]1O. The van der Waals surface area contributed by atoms with Gasteiger partial charge in [0.15, 0.2) is 0 Å². The van der Waals surface area contributed by atoms with Gasteiger partial charge in [0.2, 0.25) is 0 Å². The fourth-order valence-electron chi connectivity index (χ4n) is 1.44. The fraction of sp³-hybridized carbons (Fsp3) is 1.00. The van der Waals surface area contributed by atoms with E-state index in [9.17, 15) is 9.50 Å². The predicted molar refractivity (Wildman–Crippen MR) is 50.9 cm³/mol. The summed E-state index contributed by atoms with van der Waals surface area (Å²) in [5.41, 5.74) is 0. The maximum absolute atomic E-state index is 13.4. The molecule has 0 aromatic rings. The van der Waals surface area contributed by atoms with E-state index in [2.05, 4.69) is 0 Å². The van der Waals surface area contributed by atoms with Crippen molar-refractivity contribution in [2.24, 2.45) is 5.92 Å². The van der Waals surface area contributed by atoms with Crippen LogP contribution in [0.2, 0.25) is 0 Å². The highest BCUT2D eigenvalue weighted by atomic mass is 19.1. The monoisotopic (exact) mass is 206 g/mol. The lowest BCUT2D eigenvalue weighted by atomic mass is 9.95. The first-order valence-electron chi connectivity index (χ1n) is 5.07. The second-order valence-corrected chi connectivity index (χ2v) is 4.17. The zero-order valence-corrected chi connectivity index (χ0v) is 8.94. The van der Waals surface area contributed by atoms with Crippen LogP contribution in [-0.2, 0) is 9.47 Å². The maximum Gasteiger partial charge on any atom is 0.133 e. The zero-order chi connectivity index (χ0) is 10.7. The standard InChI is InChI=1S/C10H19FO3/c1-6(2)13-5-8-10(12)9(11)7(3)4-14-8/h6-10,12H,4-5H2,1-3H3/t7-,8-,9+,10-/m1/s1. The minimum absolute atomic E-state index is 0.0724. The van der Waals surface area contributed by atoms with Gasteiger partial charge in [-0.2, -0.15) is 0 Å². The van der Waals surface area contributed by atoms with Crippen molar-refractivity contribution in [3.63, 3.8) is 0 Å². The molecule has 84 valence electrons. The van der Waals surface area contributed by atoms with Gasteiger partial charge in [-0.15, -0.1) is 0 Å². The van der Waals surface area contributed by atoms with E-state index in [0.29, 0.717) is 6.61 Å². The van der Waals surface area contributed by atoms with Gasteiger partial charge < -0.3 is 14.6 Å². The van der Waals surface area contributed by atoms with Crippen LogP contribution in [0.25, 0.3) is 0 Å². The molecule has 0 saturated carbocycles. The smallest absolute Gasteiger partial charge is 0.133 e. The molecule has 4 heteroatoms. The lowest BCUT2D eigenvalue weighted by molar-refractivity contribution is -0.161. The second kappa shape index (κ2) is 5.05. The van der Waals surface area contributed by atoms with Crippen LogP contribution in [0.3, 0.4) is 0 Å². The van der Waals surface area contributed by atoms with Gasteiger partial charge in [-0.1, -0.05) is 6.92 Å². The van der Waals surface area contributed by atoms with Crippen molar-refractivity contribution in [2.45, 2.75) is 45.3 Å². The summed E-state index contributed by atoms with van der Waals surface area (Å²) in [6, 6.07) is 0. The Bertz CT molecular complexity index is 175. The minimum Gasteiger partial charge on any atom is -0.387 e. The van der Waals surface area contributed by atoms with Gasteiger partial charge in [-0.25, -0.2) is 4.39 Å². The second-order valence-electron chi connectivity index (χ2n) is 4.17. The molecule has 1 aliphatic heterocycles. The van der Waals surface area contributed by atoms with Gasteiger partial charge in [0.1, 0.15) is 18.4 Å². The van der Waals surface area contributed by atoms with Crippen molar-refractivity contribution in [2.75, 3.05) is 13.2 Å². The van der Waals surface area contributed by atoms with Crippen LogP contribution in [0.4, 0.5) is 4.39 Å². The summed E-state index contributed by atoms with van der Waals surface area (Å²) < 4.78 is 24.0. The predicted octanol–water partition coefficient (Wildman–Crippen LogP) is 1.15. The molecular weight excluding hydrogens is 187 g/mol. The lowest BCUT2D eigenvalue weighted by Gasteiger charge is -2.34. The zero-order valence-electron chi connectivity index (χ0n) is 8.94. The Kier molecular flexibility index (Phi) is 4.29. The fourth-order valence-corrected chi connectivity index (χ4v) is 1.44. The first-order valence-corrected chi connectivity index (χ1v) is 5.07. The van der Waals surface area contributed by atoms with Crippen LogP contribution >= 0.6 is 0 Å². The third-order valence-corrected chi connectivity index (χ3v) is 2.42. The summed E-state index contributed by atoms with van der Waals surface area (Å²) in [7, 11) is 0. The summed E-state index contributed by atoms with van der Waals surface area (Å²) in [4.78, 5) is 0. The van der Waals surface area contributed by atoms with E-state index < -0.39 is 18.4 Å². The third-order valence-electron chi connectivity index (χ3n) is 2.42. The Morgan fingerprint density at radius 2 is 2.21 bits per heavy atom. The van der Waals surface area contributed by atoms with E-state index in [1.165, 1.54) is 0 Å². The first-order chi connectivity index (χ1) is 6.52. The number of hydrogen-bond acceptors (Lipinski definition) is 3. The largest absolute Gasteiger partial charge is 0.387 e. The molecule has 0 amide bonds. The molecule has 0 aromatic carbocycles. The molecule has 0 aliphatic carbocycles. The van der Waals surface area contributed by atoms with Gasteiger partial charge in [-0.05, 0) is 13.8 Å². The molecular formula is C10H19FO3. The Hall–Kier alpha value is -0.190. The highest BCUT2D eigenvalue weighted by Gasteiger charge is 2.37. The van der Waals surface area contributed by atoms with Gasteiger partial charge >= 0.3 is 0 Å². The van der Waals surface area contributed by atoms with E-state index in [0.717, 1.165) is 0 Å². The number of alkyl halides is 1. The van der Waals surface area contributed by atoms with E-state index in [1.807, 2.05) is 13.8 Å². The Morgan fingerprint density at radius 1 is 1.57 bits per heavy atom. The summed E-state index contributed by atoms with van der Waals surface area (Å²) >= 11 is 0. The normalized spacial score (nSPS) is 39.0. The molecule has 1 N–H and O–H groups in total. The molecule has 1 rings (SSSR count). The van der Waals surface area contributed by atoms with Crippen molar-refractivity contribution in [3.05, 3.63) is 0 Å². The highest BCUT2D eigenvalue weighted by molar-refractivity contribution is 4.85. The van der Waals surface area contributed by atoms with Gasteiger partial charge in [0, 0.05) is 5.92 Å². The molecule has 4 atom stereocenters. The van der Waals surface area contributed by atoms with Crippen molar-refractivity contribution in [3.8, 4) is 0 Å². The molecule has 0 aromatic heterocycles. The summed E-state index contributed by atoms with van der Waals surface area (Å²) in [6.45, 7) is 6.12. The topological polar surface area (TPSA) is 38.7 Å². The maximum atomic E-state index is 13.4. The molecule has 0 unspecified atom stereocenters. The Labute approximate surface area is 84.2 Å². The van der Waals surface area contributed by atoms with Crippen LogP contribution in [0, 0.1) is 5.92 Å². The summed E-state index contributed by atoms with van der Waals surface area (Å²) in [5, 5.41) is 9.54. The van der Waals surface area contributed by atoms with Gasteiger partial charge in [-0.3, -0.25) is 0 Å². The van der Waals surface area contributed by atoms with Crippen LogP contribution in [0.15, 0.2) is 0 Å². The number of aliphatic hydroxyl groups excluding tert-OH is 1. The minimum atomic E-state index is -1.20. The van der Waals surface area contributed by atoms with Crippen molar-refractivity contribution in [1.82, 2.24) is 0 Å². The summed E-state index contributed by atoms with van der Waals surface area (Å²) in [6.07, 6.45) is -2.71. The van der Waals surface area contributed by atoms with Crippen LogP contribution in [0.1, 0.15) is 20.8 Å². The van der Waals surface area contributed by atoms with E-state index in [1.54, 1.807) is 6.92 Å². The Balaban J connectivity index is 2.39. The van der Waals surface area contributed by atoms with E-state index in [4.69, 9.17) is 9.47 Å². The molecule has 0 radical (unpaired) electrons. The number of hydrogen-bond donors (Lipinski definition) is 1. The molecule has 1 aliphatic rings. The Morgan fingerprint density at radius 3 is 2.79 bits per heavy atom. The molecule has 1 fully saturated rings. The summed E-state index contributed by atoms with van der Waals surface area (Å²) in [5.74, 6) is -0.236. The molecule has 0 bridgehead atoms. The molecule has 1 saturated heterocycles. The van der Waals surface area contributed by atoms with Gasteiger partial charge in [0.05, 0.1) is 19.3 Å². The lowest BCUT2D eigenvalue weighted by Crippen LogP contribution is -2.49. The number of aliphatic hydroxyl groups is 1. The molecule has 14 heavy (non-hydrogen) atoms. The quantitative estimate of drug-likeness (QED) is 0.752. The van der Waals surface area contributed by atoms with Crippen LogP contribution in [-0.4, -0.2) is 42.8 Å². The van der Waals surface area contributed by atoms with E-state index >= 15 is 0 Å². The average Bonchev–Trinajstić information content (AvgIpc) is 2.13. The van der Waals surface area contributed by atoms with Crippen molar-refractivity contribution < 1.29 is 19.0 Å². The van der Waals surface area contributed by atoms with E-state index in [-0.39, 0.29) is 18.6 Å². The third kappa shape index (κ3) is 2.90. The number of halogens is 1. The molecule has 3 nitrogen and oxygen atoms in total. The highest BCUT2D eigenvalue weighted by Crippen LogP contribution is 2.23. The number of ether oxygens (including phenoxy) is 2. The average molecular weight is 206 g/mol. The number of rotatable bonds is 3. The van der Waals surface area contributed by atoms with Crippen molar-refractivity contribution >= 4 is 0 Å². The van der Waals surface area contributed by atoms with Crippen molar-refractivity contribution in [1.29, 1.82) is 0 Å². The molecule has 1 heterocycles. The van der Waals surface area contributed by atoms with Gasteiger partial charge in [0.25, 0.3) is 0 Å². The van der Waals surface area contributed by atoms with Crippen LogP contribution in [0.5, 0.6) is 0 Å².